The van der Waals surface area contributed by atoms with E-state index in [0.29, 0.717) is 11.6 Å². The van der Waals surface area contributed by atoms with Gasteiger partial charge in [0.25, 0.3) is 0 Å². The van der Waals surface area contributed by atoms with Crippen molar-refractivity contribution in [3.63, 3.8) is 0 Å². The molecule has 0 aliphatic heterocycles. The third kappa shape index (κ3) is 3.99. The molecular formula is C16H18N2O2. The Kier molecular flexibility index (Phi) is 5.00. The fraction of sp³-hybridized carbons (Fsp3) is 0.500. The van der Waals surface area contributed by atoms with Crippen molar-refractivity contribution in [3.05, 3.63) is 29.3 Å². The molecule has 1 aromatic rings. The summed E-state index contributed by atoms with van der Waals surface area (Å²) in [5.41, 5.74) is 2.99. The maximum atomic E-state index is 10.4. The highest BCUT2D eigenvalue weighted by molar-refractivity contribution is 5.51. The Bertz CT molecular complexity index is 562. The summed E-state index contributed by atoms with van der Waals surface area (Å²) in [5, 5.41) is 0. The number of hydrogen-bond donors (Lipinski definition) is 0. The van der Waals surface area contributed by atoms with Gasteiger partial charge in [-0.05, 0) is 68.2 Å². The van der Waals surface area contributed by atoms with Crippen LogP contribution in [-0.4, -0.2) is 18.2 Å². The van der Waals surface area contributed by atoms with Crippen LogP contribution in [0, 0.1) is 12.8 Å². The topological polar surface area (TPSA) is 58.9 Å². The lowest BCUT2D eigenvalue weighted by Crippen LogP contribution is -2.18. The fourth-order valence-corrected chi connectivity index (χ4v) is 2.96. The molecule has 1 saturated carbocycles. The van der Waals surface area contributed by atoms with Gasteiger partial charge in [-0.15, -0.1) is 0 Å². The molecule has 1 fully saturated rings. The Morgan fingerprint density at radius 1 is 1.10 bits per heavy atom. The normalized spacial score (nSPS) is 21.6. The van der Waals surface area contributed by atoms with Crippen molar-refractivity contribution in [2.24, 2.45) is 15.9 Å². The predicted molar refractivity (Wildman–Crippen MR) is 76.5 cm³/mol. The highest BCUT2D eigenvalue weighted by Crippen LogP contribution is 2.30. The molecule has 0 heterocycles. The van der Waals surface area contributed by atoms with Gasteiger partial charge in [0, 0.05) is 0 Å². The van der Waals surface area contributed by atoms with Crippen LogP contribution >= 0.6 is 0 Å². The van der Waals surface area contributed by atoms with E-state index in [1.54, 1.807) is 12.2 Å². The molecule has 4 nitrogen and oxygen atoms in total. The Balaban J connectivity index is 2.00. The van der Waals surface area contributed by atoms with E-state index >= 15 is 0 Å². The van der Waals surface area contributed by atoms with Gasteiger partial charge >= 0.3 is 0 Å². The first-order valence-electron chi connectivity index (χ1n) is 6.96. The highest BCUT2D eigenvalue weighted by Gasteiger charge is 2.21. The maximum Gasteiger partial charge on any atom is 0.240 e. The third-order valence-electron chi connectivity index (χ3n) is 3.87. The summed E-state index contributed by atoms with van der Waals surface area (Å²) in [6, 6.07) is 6.13. The number of rotatable bonds is 4. The van der Waals surface area contributed by atoms with Gasteiger partial charge in [0.15, 0.2) is 0 Å². The number of carbonyl (C=O) groups excluding carboxylic acids is 2. The number of hydrogen-bond acceptors (Lipinski definition) is 4. The van der Waals surface area contributed by atoms with Crippen molar-refractivity contribution >= 4 is 17.8 Å². The molecule has 0 saturated heterocycles. The number of nitrogens with zero attached hydrogens (tertiary/aromatic N) is 2. The summed E-state index contributed by atoms with van der Waals surface area (Å²) in [4.78, 5) is 28.1. The molecule has 0 unspecified atom stereocenters. The van der Waals surface area contributed by atoms with Crippen LogP contribution in [0.1, 0.15) is 36.8 Å². The molecule has 4 heteroatoms. The zero-order valence-corrected chi connectivity index (χ0v) is 11.6. The lowest BCUT2D eigenvalue weighted by Gasteiger charge is -2.25. The van der Waals surface area contributed by atoms with Crippen LogP contribution in [0.5, 0.6) is 0 Å². The molecule has 1 aromatic carbocycles. The first kappa shape index (κ1) is 14.4. The SMILES string of the molecule is Cc1cc(CC2CCC(N=C=O)CC2)cc(N=C=O)c1. The average Bonchev–Trinajstić information content (AvgIpc) is 2.41. The van der Waals surface area contributed by atoms with E-state index < -0.39 is 0 Å². The van der Waals surface area contributed by atoms with Crippen molar-refractivity contribution in [1.29, 1.82) is 0 Å². The zero-order chi connectivity index (χ0) is 14.4. The Morgan fingerprint density at radius 3 is 2.50 bits per heavy atom. The summed E-state index contributed by atoms with van der Waals surface area (Å²) in [5.74, 6) is 0.614. The fourth-order valence-electron chi connectivity index (χ4n) is 2.96. The average molecular weight is 270 g/mol. The van der Waals surface area contributed by atoms with E-state index in [-0.39, 0.29) is 6.04 Å². The largest absolute Gasteiger partial charge is 0.240 e. The van der Waals surface area contributed by atoms with E-state index in [2.05, 4.69) is 16.1 Å². The van der Waals surface area contributed by atoms with Gasteiger partial charge in [-0.25, -0.2) is 14.6 Å². The van der Waals surface area contributed by atoms with Gasteiger partial charge in [-0.2, -0.15) is 4.99 Å². The number of aryl methyl sites for hydroxylation is 1. The minimum Gasteiger partial charge on any atom is -0.211 e. The van der Waals surface area contributed by atoms with Gasteiger partial charge in [0.1, 0.15) is 0 Å². The maximum absolute atomic E-state index is 10.4. The number of benzene rings is 1. The molecule has 0 aromatic heterocycles. The molecule has 0 bridgehead atoms. The second kappa shape index (κ2) is 6.95. The lowest BCUT2D eigenvalue weighted by atomic mass is 9.82. The summed E-state index contributed by atoms with van der Waals surface area (Å²) in [6.45, 7) is 2.00. The summed E-state index contributed by atoms with van der Waals surface area (Å²) < 4.78 is 0. The minimum absolute atomic E-state index is 0.163. The number of aliphatic imine (C=N–C) groups is 2. The Labute approximate surface area is 118 Å². The molecule has 0 N–H and O–H groups in total. The van der Waals surface area contributed by atoms with Crippen LogP contribution in [0.4, 0.5) is 5.69 Å². The van der Waals surface area contributed by atoms with Crippen molar-refractivity contribution in [3.8, 4) is 0 Å². The molecule has 1 aliphatic rings. The van der Waals surface area contributed by atoms with Crippen molar-refractivity contribution < 1.29 is 9.59 Å². The zero-order valence-electron chi connectivity index (χ0n) is 11.6. The molecule has 0 radical (unpaired) electrons. The van der Waals surface area contributed by atoms with Crippen LogP contribution in [0.3, 0.4) is 0 Å². The van der Waals surface area contributed by atoms with Crippen molar-refractivity contribution in [2.75, 3.05) is 0 Å². The molecule has 20 heavy (non-hydrogen) atoms. The van der Waals surface area contributed by atoms with E-state index in [1.807, 2.05) is 19.1 Å². The van der Waals surface area contributed by atoms with E-state index in [9.17, 15) is 9.59 Å². The second-order valence-corrected chi connectivity index (χ2v) is 5.48. The summed E-state index contributed by atoms with van der Waals surface area (Å²) in [6.07, 6.45) is 8.32. The smallest absolute Gasteiger partial charge is 0.211 e. The second-order valence-electron chi connectivity index (χ2n) is 5.48. The molecule has 1 aliphatic carbocycles. The van der Waals surface area contributed by atoms with Gasteiger partial charge in [-0.3, -0.25) is 0 Å². The summed E-state index contributed by atoms with van der Waals surface area (Å²) >= 11 is 0. The van der Waals surface area contributed by atoms with Crippen molar-refractivity contribution in [2.45, 2.75) is 45.1 Å². The predicted octanol–water partition coefficient (Wildman–Crippen LogP) is 3.40. The Hall–Kier alpha value is -2.02. The van der Waals surface area contributed by atoms with Gasteiger partial charge in [-0.1, -0.05) is 6.07 Å². The number of isocyanates is 2. The molecule has 104 valence electrons. The van der Waals surface area contributed by atoms with Crippen LogP contribution in [0.2, 0.25) is 0 Å². The minimum atomic E-state index is 0.163. The summed E-state index contributed by atoms with van der Waals surface area (Å²) in [7, 11) is 0. The molecule has 0 spiro atoms. The van der Waals surface area contributed by atoms with Crippen LogP contribution in [-0.2, 0) is 16.0 Å². The van der Waals surface area contributed by atoms with Crippen LogP contribution in [0.25, 0.3) is 0 Å². The van der Waals surface area contributed by atoms with Gasteiger partial charge in [0.2, 0.25) is 12.2 Å². The third-order valence-corrected chi connectivity index (χ3v) is 3.87. The van der Waals surface area contributed by atoms with Crippen LogP contribution in [0.15, 0.2) is 28.2 Å². The Morgan fingerprint density at radius 2 is 1.85 bits per heavy atom. The quantitative estimate of drug-likeness (QED) is 0.622. The molecular weight excluding hydrogens is 252 g/mol. The molecule has 0 atom stereocenters. The monoisotopic (exact) mass is 270 g/mol. The van der Waals surface area contributed by atoms with E-state index in [0.717, 1.165) is 37.7 Å². The highest BCUT2D eigenvalue weighted by atomic mass is 16.1. The van der Waals surface area contributed by atoms with Crippen LogP contribution < -0.4 is 0 Å². The van der Waals surface area contributed by atoms with E-state index in [1.165, 1.54) is 5.56 Å². The first-order valence-corrected chi connectivity index (χ1v) is 6.96. The molecule has 0 amide bonds. The van der Waals surface area contributed by atoms with Gasteiger partial charge < -0.3 is 0 Å². The first-order chi connectivity index (χ1) is 9.71. The van der Waals surface area contributed by atoms with E-state index in [4.69, 9.17) is 0 Å². The van der Waals surface area contributed by atoms with Crippen molar-refractivity contribution in [1.82, 2.24) is 0 Å². The lowest BCUT2D eigenvalue weighted by molar-refractivity contribution is 0.325. The standard InChI is InChI=1S/C16H18N2O2/c1-12-6-14(9-16(7-12)18-11-20)8-13-2-4-15(5-3-13)17-10-19/h6-7,9,13,15H,2-5,8H2,1H3. The van der Waals surface area contributed by atoms with Gasteiger partial charge in [0.05, 0.1) is 11.7 Å². The molecule has 2 rings (SSSR count).